The van der Waals surface area contributed by atoms with Crippen LogP contribution >= 0.6 is 0 Å². The molecule has 1 atom stereocenters. The van der Waals surface area contributed by atoms with Gasteiger partial charge in [-0.05, 0) is 64.6 Å². The Labute approximate surface area is 121 Å². The van der Waals surface area contributed by atoms with Gasteiger partial charge in [-0.3, -0.25) is 4.79 Å². The molecule has 1 aliphatic heterocycles. The van der Waals surface area contributed by atoms with Gasteiger partial charge in [0.05, 0.1) is 11.5 Å². The first-order valence-corrected chi connectivity index (χ1v) is 7.84. The predicted molar refractivity (Wildman–Crippen MR) is 77.6 cm³/mol. The lowest BCUT2D eigenvalue weighted by atomic mass is 9.78. The Morgan fingerprint density at radius 3 is 2.65 bits per heavy atom. The molecule has 0 radical (unpaired) electrons. The topological polar surface area (TPSA) is 72.8 Å². The van der Waals surface area contributed by atoms with Crippen LogP contribution < -0.4 is 5.32 Å². The van der Waals surface area contributed by atoms with Crippen molar-refractivity contribution >= 4 is 5.97 Å². The fourth-order valence-corrected chi connectivity index (χ4v) is 3.73. The second-order valence-corrected chi connectivity index (χ2v) is 6.64. The number of carboxylic acids is 1. The Hall–Kier alpha value is -0.650. The summed E-state index contributed by atoms with van der Waals surface area (Å²) in [5.74, 6) is -0.291. The van der Waals surface area contributed by atoms with Gasteiger partial charge in [-0.25, -0.2) is 0 Å². The average molecular weight is 284 g/mol. The van der Waals surface area contributed by atoms with Crippen molar-refractivity contribution in [2.45, 2.75) is 44.1 Å². The van der Waals surface area contributed by atoms with Crippen LogP contribution in [0.3, 0.4) is 0 Å². The van der Waals surface area contributed by atoms with E-state index in [1.807, 2.05) is 7.05 Å². The summed E-state index contributed by atoms with van der Waals surface area (Å²) in [6, 6.07) is 0. The number of β-amino-alcohol motifs (C(OH)–C–C–N with tert-alkyl or cyclic N) is 1. The fourth-order valence-electron chi connectivity index (χ4n) is 3.73. The van der Waals surface area contributed by atoms with Gasteiger partial charge >= 0.3 is 5.97 Å². The minimum atomic E-state index is -0.709. The molecule has 1 saturated heterocycles. The van der Waals surface area contributed by atoms with Crippen LogP contribution in [0.2, 0.25) is 0 Å². The zero-order valence-corrected chi connectivity index (χ0v) is 12.5. The van der Waals surface area contributed by atoms with Crippen molar-refractivity contribution in [3.8, 4) is 0 Å². The number of hydrogen-bond donors (Lipinski definition) is 3. The van der Waals surface area contributed by atoms with Crippen LogP contribution in [0.15, 0.2) is 0 Å². The van der Waals surface area contributed by atoms with Gasteiger partial charge in [-0.1, -0.05) is 0 Å². The van der Waals surface area contributed by atoms with E-state index in [2.05, 4.69) is 10.2 Å². The molecule has 1 aliphatic carbocycles. The van der Waals surface area contributed by atoms with Gasteiger partial charge < -0.3 is 20.4 Å². The van der Waals surface area contributed by atoms with Gasteiger partial charge in [0.2, 0.25) is 0 Å². The summed E-state index contributed by atoms with van der Waals surface area (Å²) in [7, 11) is 1.99. The Morgan fingerprint density at radius 2 is 2.05 bits per heavy atom. The number of hydrogen-bond acceptors (Lipinski definition) is 4. The van der Waals surface area contributed by atoms with Gasteiger partial charge in [0.15, 0.2) is 0 Å². The first-order valence-electron chi connectivity index (χ1n) is 7.84. The van der Waals surface area contributed by atoms with Crippen molar-refractivity contribution in [1.29, 1.82) is 0 Å². The van der Waals surface area contributed by atoms with E-state index in [9.17, 15) is 9.90 Å². The maximum Gasteiger partial charge on any atom is 0.306 e. The molecule has 0 amide bonds. The zero-order valence-electron chi connectivity index (χ0n) is 12.5. The van der Waals surface area contributed by atoms with Gasteiger partial charge in [-0.15, -0.1) is 0 Å². The van der Waals surface area contributed by atoms with Crippen molar-refractivity contribution in [3.63, 3.8) is 0 Å². The number of aliphatic hydroxyl groups is 1. The average Bonchev–Trinajstić information content (AvgIpc) is 2.39. The van der Waals surface area contributed by atoms with E-state index in [0.717, 1.165) is 19.6 Å². The Kier molecular flexibility index (Phi) is 5.41. The lowest BCUT2D eigenvalue weighted by Gasteiger charge is -2.41. The number of carbonyl (C=O) groups is 1. The lowest BCUT2D eigenvalue weighted by Crippen LogP contribution is -2.49. The van der Waals surface area contributed by atoms with Crippen molar-refractivity contribution < 1.29 is 15.0 Å². The Balaban J connectivity index is 1.81. The van der Waals surface area contributed by atoms with E-state index in [0.29, 0.717) is 38.1 Å². The van der Waals surface area contributed by atoms with Crippen LogP contribution in [0.5, 0.6) is 0 Å². The molecule has 3 N–H and O–H groups in total. The molecular weight excluding hydrogens is 256 g/mol. The molecule has 0 aromatic heterocycles. The third kappa shape index (κ3) is 4.17. The van der Waals surface area contributed by atoms with Gasteiger partial charge in [0.1, 0.15) is 0 Å². The van der Waals surface area contributed by atoms with Crippen molar-refractivity contribution in [2.24, 2.45) is 11.8 Å². The molecule has 5 nitrogen and oxygen atoms in total. The van der Waals surface area contributed by atoms with E-state index < -0.39 is 11.6 Å². The molecule has 0 aromatic carbocycles. The van der Waals surface area contributed by atoms with Crippen LogP contribution in [-0.2, 0) is 4.79 Å². The quantitative estimate of drug-likeness (QED) is 0.700. The molecule has 116 valence electrons. The smallest absolute Gasteiger partial charge is 0.306 e. The molecule has 1 saturated carbocycles. The summed E-state index contributed by atoms with van der Waals surface area (Å²) < 4.78 is 0. The number of piperidine rings is 1. The van der Waals surface area contributed by atoms with Crippen LogP contribution in [0.25, 0.3) is 0 Å². The summed E-state index contributed by atoms with van der Waals surface area (Å²) in [5.41, 5.74) is -0.673. The molecular formula is C15H28N2O3. The normalized spacial score (nSPS) is 35.9. The van der Waals surface area contributed by atoms with Crippen LogP contribution in [0.1, 0.15) is 38.5 Å². The van der Waals surface area contributed by atoms with Crippen molar-refractivity contribution in [2.75, 3.05) is 33.2 Å². The van der Waals surface area contributed by atoms with Crippen molar-refractivity contribution in [1.82, 2.24) is 10.2 Å². The second kappa shape index (κ2) is 6.87. The van der Waals surface area contributed by atoms with E-state index >= 15 is 0 Å². The SMILES string of the molecule is CNCC1CCCN(CC2(O)CCC(C(=O)O)CC2)C1. The van der Waals surface area contributed by atoms with Gasteiger partial charge in [-0.2, -0.15) is 0 Å². The minimum Gasteiger partial charge on any atom is -0.481 e. The number of likely N-dealkylation sites (tertiary alicyclic amines) is 1. The third-order valence-electron chi connectivity index (χ3n) is 4.88. The molecule has 20 heavy (non-hydrogen) atoms. The molecule has 1 unspecified atom stereocenters. The number of aliphatic carboxylic acids is 1. The molecule has 2 fully saturated rings. The first kappa shape index (κ1) is 15.7. The van der Waals surface area contributed by atoms with Crippen LogP contribution in [0.4, 0.5) is 0 Å². The Morgan fingerprint density at radius 1 is 1.35 bits per heavy atom. The highest BCUT2D eigenvalue weighted by Crippen LogP contribution is 2.33. The van der Waals surface area contributed by atoms with E-state index in [-0.39, 0.29) is 5.92 Å². The second-order valence-electron chi connectivity index (χ2n) is 6.64. The predicted octanol–water partition coefficient (Wildman–Crippen LogP) is 0.924. The van der Waals surface area contributed by atoms with Gasteiger partial charge in [0, 0.05) is 13.1 Å². The highest BCUT2D eigenvalue weighted by atomic mass is 16.4. The molecule has 2 rings (SSSR count). The first-order chi connectivity index (χ1) is 9.52. The summed E-state index contributed by atoms with van der Waals surface area (Å²) in [4.78, 5) is 13.3. The minimum absolute atomic E-state index is 0.256. The van der Waals surface area contributed by atoms with Crippen molar-refractivity contribution in [3.05, 3.63) is 0 Å². The molecule has 1 heterocycles. The van der Waals surface area contributed by atoms with Gasteiger partial charge in [0.25, 0.3) is 0 Å². The van der Waals surface area contributed by atoms with E-state index in [1.54, 1.807) is 0 Å². The van der Waals surface area contributed by atoms with Crippen LogP contribution in [-0.4, -0.2) is 59.9 Å². The lowest BCUT2D eigenvalue weighted by molar-refractivity contribution is -0.145. The monoisotopic (exact) mass is 284 g/mol. The number of rotatable bonds is 5. The molecule has 2 aliphatic rings. The number of nitrogens with one attached hydrogen (secondary N) is 1. The maximum absolute atomic E-state index is 11.0. The standard InChI is InChI=1S/C15H28N2O3/c1-16-9-12-3-2-8-17(10-12)11-15(20)6-4-13(5-7-15)14(18)19/h12-13,16,20H,2-11H2,1H3,(H,18,19). The Bertz CT molecular complexity index is 325. The fraction of sp³-hybridized carbons (Fsp3) is 0.933. The largest absolute Gasteiger partial charge is 0.481 e. The molecule has 5 heteroatoms. The van der Waals surface area contributed by atoms with E-state index in [4.69, 9.17) is 5.11 Å². The zero-order chi connectivity index (χ0) is 14.6. The molecule has 0 aromatic rings. The number of carboxylic acid groups (broad SMARTS) is 1. The third-order valence-corrected chi connectivity index (χ3v) is 4.88. The highest BCUT2D eigenvalue weighted by Gasteiger charge is 2.37. The summed E-state index contributed by atoms with van der Waals surface area (Å²) >= 11 is 0. The molecule has 0 spiro atoms. The summed E-state index contributed by atoms with van der Waals surface area (Å²) in [6.07, 6.45) is 4.92. The number of nitrogens with zero attached hydrogens (tertiary/aromatic N) is 1. The summed E-state index contributed by atoms with van der Waals surface area (Å²) in [5, 5.41) is 22.9. The van der Waals surface area contributed by atoms with E-state index in [1.165, 1.54) is 12.8 Å². The van der Waals surface area contributed by atoms with Crippen LogP contribution in [0, 0.1) is 11.8 Å². The summed E-state index contributed by atoms with van der Waals surface area (Å²) in [6.45, 7) is 3.85. The molecule has 0 bridgehead atoms. The maximum atomic E-state index is 11.0. The highest BCUT2D eigenvalue weighted by molar-refractivity contribution is 5.70.